The molecular weight excluding hydrogens is 263 g/mol. The van der Waals surface area contributed by atoms with Gasteiger partial charge in [0.05, 0.1) is 0 Å². The normalized spacial score (nSPS) is 21.0. The monoisotopic (exact) mass is 292 g/mol. The van der Waals surface area contributed by atoms with Crippen LogP contribution in [0.4, 0.5) is 4.39 Å². The summed E-state index contributed by atoms with van der Waals surface area (Å²) in [5.74, 6) is -0.154. The zero-order valence-electron chi connectivity index (χ0n) is 13.6. The van der Waals surface area contributed by atoms with E-state index < -0.39 is 0 Å². The van der Waals surface area contributed by atoms with E-state index >= 15 is 0 Å². The first-order valence-electron chi connectivity index (χ1n) is 8.30. The molecule has 21 heavy (non-hydrogen) atoms. The van der Waals surface area contributed by atoms with Crippen LogP contribution in [0.25, 0.3) is 0 Å². The molecule has 2 atom stereocenters. The lowest BCUT2D eigenvalue weighted by Gasteiger charge is -2.37. The molecular formula is C18H29FN2. The van der Waals surface area contributed by atoms with Crippen molar-refractivity contribution in [1.29, 1.82) is 0 Å². The molecule has 1 aromatic carbocycles. The third kappa shape index (κ3) is 5.08. The SMILES string of the molecule is CC(C)N(CC1CCCCN1)C(C)Cc1ccc(F)cc1. The van der Waals surface area contributed by atoms with Gasteiger partial charge in [0.25, 0.3) is 0 Å². The Morgan fingerprint density at radius 3 is 2.48 bits per heavy atom. The summed E-state index contributed by atoms with van der Waals surface area (Å²) in [6.07, 6.45) is 4.91. The van der Waals surface area contributed by atoms with Crippen LogP contribution in [0.2, 0.25) is 0 Å². The molecule has 0 radical (unpaired) electrons. The number of halogens is 1. The molecule has 0 aromatic heterocycles. The number of hydrogen-bond acceptors (Lipinski definition) is 2. The van der Waals surface area contributed by atoms with E-state index in [2.05, 4.69) is 31.0 Å². The molecule has 3 heteroatoms. The van der Waals surface area contributed by atoms with Crippen LogP contribution in [0.15, 0.2) is 24.3 Å². The largest absolute Gasteiger partial charge is 0.313 e. The molecule has 0 aliphatic carbocycles. The summed E-state index contributed by atoms with van der Waals surface area (Å²) in [6.45, 7) is 9.09. The first-order valence-corrected chi connectivity index (χ1v) is 8.30. The minimum absolute atomic E-state index is 0.154. The van der Waals surface area contributed by atoms with Gasteiger partial charge in [-0.05, 0) is 64.3 Å². The van der Waals surface area contributed by atoms with Gasteiger partial charge in [0, 0.05) is 24.7 Å². The molecule has 0 saturated carbocycles. The lowest BCUT2D eigenvalue weighted by Crippen LogP contribution is -2.49. The van der Waals surface area contributed by atoms with Crippen molar-refractivity contribution >= 4 is 0 Å². The van der Waals surface area contributed by atoms with Crippen LogP contribution in [0, 0.1) is 5.82 Å². The fraction of sp³-hybridized carbons (Fsp3) is 0.667. The van der Waals surface area contributed by atoms with Crippen molar-refractivity contribution in [2.75, 3.05) is 13.1 Å². The minimum Gasteiger partial charge on any atom is -0.313 e. The third-order valence-electron chi connectivity index (χ3n) is 4.52. The maximum Gasteiger partial charge on any atom is 0.123 e. The highest BCUT2D eigenvalue weighted by Crippen LogP contribution is 2.16. The van der Waals surface area contributed by atoms with E-state index in [9.17, 15) is 4.39 Å². The van der Waals surface area contributed by atoms with Crippen molar-refractivity contribution in [1.82, 2.24) is 10.2 Å². The van der Waals surface area contributed by atoms with Crippen molar-refractivity contribution in [2.45, 2.75) is 64.6 Å². The van der Waals surface area contributed by atoms with Crippen LogP contribution < -0.4 is 5.32 Å². The summed E-state index contributed by atoms with van der Waals surface area (Å²) in [7, 11) is 0. The van der Waals surface area contributed by atoms with Gasteiger partial charge in [-0.3, -0.25) is 4.90 Å². The van der Waals surface area contributed by atoms with E-state index in [1.54, 1.807) is 12.1 Å². The molecule has 2 rings (SSSR count). The lowest BCUT2D eigenvalue weighted by atomic mass is 10.0. The maximum absolute atomic E-state index is 13.0. The molecule has 1 fully saturated rings. The number of nitrogens with zero attached hydrogens (tertiary/aromatic N) is 1. The van der Waals surface area contributed by atoms with E-state index in [0.29, 0.717) is 18.1 Å². The van der Waals surface area contributed by atoms with Crippen LogP contribution >= 0.6 is 0 Å². The fourth-order valence-corrected chi connectivity index (χ4v) is 3.31. The van der Waals surface area contributed by atoms with Crippen molar-refractivity contribution in [3.63, 3.8) is 0 Å². The van der Waals surface area contributed by atoms with Crippen LogP contribution in [-0.2, 0) is 6.42 Å². The Bertz CT molecular complexity index is 410. The Hall–Kier alpha value is -0.930. The van der Waals surface area contributed by atoms with E-state index in [0.717, 1.165) is 19.5 Å². The predicted molar refractivity (Wildman–Crippen MR) is 87.0 cm³/mol. The fourth-order valence-electron chi connectivity index (χ4n) is 3.31. The third-order valence-corrected chi connectivity index (χ3v) is 4.52. The van der Waals surface area contributed by atoms with Gasteiger partial charge in [-0.1, -0.05) is 18.6 Å². The van der Waals surface area contributed by atoms with E-state index in [-0.39, 0.29) is 5.82 Å². The molecule has 0 bridgehead atoms. The summed E-state index contributed by atoms with van der Waals surface area (Å²) in [4.78, 5) is 2.58. The smallest absolute Gasteiger partial charge is 0.123 e. The van der Waals surface area contributed by atoms with E-state index in [4.69, 9.17) is 0 Å². The van der Waals surface area contributed by atoms with Crippen LogP contribution in [0.3, 0.4) is 0 Å². The maximum atomic E-state index is 13.0. The van der Waals surface area contributed by atoms with Gasteiger partial charge in [-0.2, -0.15) is 0 Å². The lowest BCUT2D eigenvalue weighted by molar-refractivity contribution is 0.137. The Balaban J connectivity index is 1.94. The van der Waals surface area contributed by atoms with Gasteiger partial charge in [0.2, 0.25) is 0 Å². The van der Waals surface area contributed by atoms with Crippen LogP contribution in [-0.4, -0.2) is 36.1 Å². The van der Waals surface area contributed by atoms with Crippen LogP contribution in [0.1, 0.15) is 45.6 Å². The molecule has 118 valence electrons. The molecule has 1 saturated heterocycles. The Morgan fingerprint density at radius 1 is 1.19 bits per heavy atom. The number of benzene rings is 1. The second-order valence-electron chi connectivity index (χ2n) is 6.62. The second-order valence-corrected chi connectivity index (χ2v) is 6.62. The second kappa shape index (κ2) is 7.90. The summed E-state index contributed by atoms with van der Waals surface area (Å²) in [5.41, 5.74) is 1.21. The van der Waals surface area contributed by atoms with Gasteiger partial charge in [-0.15, -0.1) is 0 Å². The number of hydrogen-bond donors (Lipinski definition) is 1. The molecule has 1 aromatic rings. The quantitative estimate of drug-likeness (QED) is 0.861. The highest BCUT2D eigenvalue weighted by Gasteiger charge is 2.22. The van der Waals surface area contributed by atoms with E-state index in [1.807, 2.05) is 12.1 Å². The first-order chi connectivity index (χ1) is 10.1. The van der Waals surface area contributed by atoms with Gasteiger partial charge >= 0.3 is 0 Å². The van der Waals surface area contributed by atoms with Crippen molar-refractivity contribution < 1.29 is 4.39 Å². The summed E-state index contributed by atoms with van der Waals surface area (Å²) in [5, 5.41) is 3.64. The standard InChI is InChI=1S/C18H29FN2/c1-14(2)21(13-18-6-4-5-11-20-18)15(3)12-16-7-9-17(19)10-8-16/h7-10,14-15,18,20H,4-6,11-13H2,1-3H3. The van der Waals surface area contributed by atoms with Crippen molar-refractivity contribution in [3.05, 3.63) is 35.6 Å². The number of nitrogens with one attached hydrogen (secondary N) is 1. The summed E-state index contributed by atoms with van der Waals surface area (Å²) in [6, 6.07) is 8.56. The zero-order valence-corrected chi connectivity index (χ0v) is 13.6. The summed E-state index contributed by atoms with van der Waals surface area (Å²) < 4.78 is 13.0. The van der Waals surface area contributed by atoms with Gasteiger partial charge in [0.15, 0.2) is 0 Å². The number of piperidine rings is 1. The number of rotatable bonds is 6. The average molecular weight is 292 g/mol. The molecule has 2 nitrogen and oxygen atoms in total. The molecule has 0 amide bonds. The molecule has 1 aliphatic heterocycles. The first kappa shape index (κ1) is 16.4. The van der Waals surface area contributed by atoms with Crippen molar-refractivity contribution in [3.8, 4) is 0 Å². The molecule has 2 unspecified atom stereocenters. The van der Waals surface area contributed by atoms with E-state index in [1.165, 1.54) is 24.8 Å². The van der Waals surface area contributed by atoms with Gasteiger partial charge in [0.1, 0.15) is 5.82 Å². The molecule has 1 heterocycles. The molecule has 1 N–H and O–H groups in total. The van der Waals surface area contributed by atoms with Gasteiger partial charge in [-0.25, -0.2) is 4.39 Å². The average Bonchev–Trinajstić information content (AvgIpc) is 2.48. The van der Waals surface area contributed by atoms with Crippen LogP contribution in [0.5, 0.6) is 0 Å². The molecule has 1 aliphatic rings. The highest BCUT2D eigenvalue weighted by molar-refractivity contribution is 5.17. The topological polar surface area (TPSA) is 15.3 Å². The Morgan fingerprint density at radius 2 is 1.90 bits per heavy atom. The zero-order chi connectivity index (χ0) is 15.2. The Labute approximate surface area is 128 Å². The highest BCUT2D eigenvalue weighted by atomic mass is 19.1. The Kier molecular flexibility index (Phi) is 6.19. The minimum atomic E-state index is -0.154. The predicted octanol–water partition coefficient (Wildman–Crippen LogP) is 3.61. The summed E-state index contributed by atoms with van der Waals surface area (Å²) >= 11 is 0. The van der Waals surface area contributed by atoms with Gasteiger partial charge < -0.3 is 5.32 Å². The van der Waals surface area contributed by atoms with Crippen molar-refractivity contribution in [2.24, 2.45) is 0 Å². The molecule has 0 spiro atoms.